The SMILES string of the molecule is CCCCCCCCCCCC[N+](C)(C)[C@H](O)CCc1ccccc1. The summed E-state index contributed by atoms with van der Waals surface area (Å²) in [7, 11) is 4.34. The smallest absolute Gasteiger partial charge is 0.190 e. The van der Waals surface area contributed by atoms with Crippen molar-refractivity contribution in [1.82, 2.24) is 0 Å². The van der Waals surface area contributed by atoms with Gasteiger partial charge in [0, 0.05) is 6.42 Å². The first-order valence-corrected chi connectivity index (χ1v) is 10.6. The van der Waals surface area contributed by atoms with Crippen LogP contribution in [-0.4, -0.2) is 36.5 Å². The summed E-state index contributed by atoms with van der Waals surface area (Å²) in [5.74, 6) is 0. The molecule has 2 nitrogen and oxygen atoms in total. The zero-order chi connectivity index (χ0) is 18.4. The first-order chi connectivity index (χ1) is 12.1. The van der Waals surface area contributed by atoms with Crippen molar-refractivity contribution < 1.29 is 9.59 Å². The molecular formula is C23H42NO+. The molecular weight excluding hydrogens is 306 g/mol. The molecule has 1 aromatic carbocycles. The van der Waals surface area contributed by atoms with E-state index in [2.05, 4.69) is 45.3 Å². The van der Waals surface area contributed by atoms with Crippen LogP contribution < -0.4 is 0 Å². The van der Waals surface area contributed by atoms with Gasteiger partial charge in [-0.25, -0.2) is 0 Å². The average molecular weight is 349 g/mol. The minimum absolute atomic E-state index is 0.265. The van der Waals surface area contributed by atoms with Crippen LogP contribution in [-0.2, 0) is 6.42 Å². The molecule has 0 saturated heterocycles. The Morgan fingerprint density at radius 3 is 1.88 bits per heavy atom. The molecule has 0 bridgehead atoms. The number of nitrogens with zero attached hydrogens (tertiary/aromatic N) is 1. The van der Waals surface area contributed by atoms with Gasteiger partial charge in [-0.05, 0) is 24.8 Å². The van der Waals surface area contributed by atoms with Gasteiger partial charge in [0.25, 0.3) is 0 Å². The third kappa shape index (κ3) is 10.7. The fraction of sp³-hybridized carbons (Fsp3) is 0.739. The molecule has 144 valence electrons. The van der Waals surface area contributed by atoms with Crippen molar-refractivity contribution in [3.05, 3.63) is 35.9 Å². The quantitative estimate of drug-likeness (QED) is 0.236. The number of hydrogen-bond donors (Lipinski definition) is 1. The minimum atomic E-state index is -0.265. The fourth-order valence-electron chi connectivity index (χ4n) is 3.45. The zero-order valence-corrected chi connectivity index (χ0v) is 17.1. The molecule has 1 atom stereocenters. The van der Waals surface area contributed by atoms with Gasteiger partial charge in [-0.15, -0.1) is 0 Å². The van der Waals surface area contributed by atoms with E-state index in [1.807, 2.05) is 6.07 Å². The van der Waals surface area contributed by atoms with Crippen LogP contribution in [0.2, 0.25) is 0 Å². The van der Waals surface area contributed by atoms with Gasteiger partial charge in [-0.1, -0.05) is 88.6 Å². The van der Waals surface area contributed by atoms with Crippen LogP contribution in [0.1, 0.15) is 83.1 Å². The molecule has 0 saturated carbocycles. The summed E-state index contributed by atoms with van der Waals surface area (Å²) in [6.45, 7) is 3.35. The van der Waals surface area contributed by atoms with E-state index < -0.39 is 0 Å². The molecule has 1 N–H and O–H groups in total. The van der Waals surface area contributed by atoms with E-state index in [-0.39, 0.29) is 6.23 Å². The first kappa shape index (κ1) is 22.2. The lowest BCUT2D eigenvalue weighted by atomic mass is 10.1. The Morgan fingerprint density at radius 1 is 0.800 bits per heavy atom. The van der Waals surface area contributed by atoms with Crippen molar-refractivity contribution in [2.24, 2.45) is 0 Å². The van der Waals surface area contributed by atoms with E-state index in [4.69, 9.17) is 0 Å². The highest BCUT2D eigenvalue weighted by atomic mass is 16.3. The Balaban J connectivity index is 2.05. The topological polar surface area (TPSA) is 20.2 Å². The summed E-state index contributed by atoms with van der Waals surface area (Å²) < 4.78 is 0.726. The van der Waals surface area contributed by atoms with E-state index in [9.17, 15) is 5.11 Å². The molecule has 25 heavy (non-hydrogen) atoms. The Labute approximate surface area is 156 Å². The predicted molar refractivity (Wildman–Crippen MR) is 110 cm³/mol. The largest absolute Gasteiger partial charge is 0.345 e. The van der Waals surface area contributed by atoms with Gasteiger partial charge in [-0.2, -0.15) is 0 Å². The summed E-state index contributed by atoms with van der Waals surface area (Å²) in [5.41, 5.74) is 1.32. The number of unbranched alkanes of at least 4 members (excludes halogenated alkanes) is 9. The van der Waals surface area contributed by atoms with Crippen molar-refractivity contribution in [2.45, 2.75) is 90.2 Å². The molecule has 0 radical (unpaired) electrons. The summed E-state index contributed by atoms with van der Waals surface area (Å²) in [4.78, 5) is 0. The first-order valence-electron chi connectivity index (χ1n) is 10.6. The van der Waals surface area contributed by atoms with E-state index in [1.54, 1.807) is 0 Å². The Hall–Kier alpha value is -0.860. The molecule has 2 heteroatoms. The van der Waals surface area contributed by atoms with Crippen molar-refractivity contribution in [2.75, 3.05) is 20.6 Å². The molecule has 0 aliphatic heterocycles. The minimum Gasteiger partial charge on any atom is -0.345 e. The van der Waals surface area contributed by atoms with Gasteiger partial charge in [0.2, 0.25) is 0 Å². The lowest BCUT2D eigenvalue weighted by Gasteiger charge is -2.35. The zero-order valence-electron chi connectivity index (χ0n) is 17.1. The molecule has 0 heterocycles. The lowest BCUT2D eigenvalue weighted by molar-refractivity contribution is -0.937. The average Bonchev–Trinajstić information content (AvgIpc) is 2.62. The van der Waals surface area contributed by atoms with Crippen LogP contribution in [0.5, 0.6) is 0 Å². The summed E-state index contributed by atoms with van der Waals surface area (Å²) in [6.07, 6.45) is 15.2. The number of hydrogen-bond acceptors (Lipinski definition) is 1. The molecule has 0 aliphatic rings. The van der Waals surface area contributed by atoms with Gasteiger partial charge in [0.15, 0.2) is 6.23 Å². The van der Waals surface area contributed by atoms with Crippen LogP contribution in [0, 0.1) is 0 Å². The Bertz CT molecular complexity index is 415. The van der Waals surface area contributed by atoms with Gasteiger partial charge in [0.1, 0.15) is 0 Å². The van der Waals surface area contributed by atoms with Crippen LogP contribution >= 0.6 is 0 Å². The number of rotatable bonds is 15. The van der Waals surface area contributed by atoms with Gasteiger partial charge in [0.05, 0.1) is 20.6 Å². The van der Waals surface area contributed by atoms with Crippen molar-refractivity contribution in [3.8, 4) is 0 Å². The molecule has 0 spiro atoms. The fourth-order valence-corrected chi connectivity index (χ4v) is 3.45. The second-order valence-electron chi connectivity index (χ2n) is 8.19. The second kappa shape index (κ2) is 13.4. The normalized spacial score (nSPS) is 13.1. The van der Waals surface area contributed by atoms with E-state index in [1.165, 1.54) is 69.8 Å². The van der Waals surface area contributed by atoms with Gasteiger partial charge in [-0.3, -0.25) is 0 Å². The maximum atomic E-state index is 10.6. The summed E-state index contributed by atoms with van der Waals surface area (Å²) in [5, 5.41) is 10.6. The summed E-state index contributed by atoms with van der Waals surface area (Å²) >= 11 is 0. The van der Waals surface area contributed by atoms with Gasteiger partial charge < -0.3 is 9.59 Å². The molecule has 0 unspecified atom stereocenters. The number of quaternary nitrogens is 1. The Kier molecular flexibility index (Phi) is 11.9. The van der Waals surface area contributed by atoms with E-state index in [0.717, 1.165) is 23.9 Å². The Morgan fingerprint density at radius 2 is 1.32 bits per heavy atom. The van der Waals surface area contributed by atoms with Crippen LogP contribution in [0.3, 0.4) is 0 Å². The van der Waals surface area contributed by atoms with Crippen LogP contribution in [0.15, 0.2) is 30.3 Å². The van der Waals surface area contributed by atoms with E-state index >= 15 is 0 Å². The molecule has 1 aromatic rings. The highest BCUT2D eigenvalue weighted by molar-refractivity contribution is 5.14. The lowest BCUT2D eigenvalue weighted by Crippen LogP contribution is -2.49. The maximum absolute atomic E-state index is 10.6. The highest BCUT2D eigenvalue weighted by Gasteiger charge is 2.24. The molecule has 0 fully saturated rings. The van der Waals surface area contributed by atoms with E-state index in [0.29, 0.717) is 0 Å². The third-order valence-electron chi connectivity index (χ3n) is 5.43. The molecule has 0 aliphatic carbocycles. The molecule has 0 aromatic heterocycles. The van der Waals surface area contributed by atoms with Crippen molar-refractivity contribution in [1.29, 1.82) is 0 Å². The van der Waals surface area contributed by atoms with Crippen molar-refractivity contribution >= 4 is 0 Å². The molecule has 0 amide bonds. The predicted octanol–water partition coefficient (Wildman–Crippen LogP) is 5.93. The standard InChI is InChI=1S/C23H42NO/c1-4-5-6-7-8-9-10-11-12-16-21-24(2,3)23(25)20-19-22-17-14-13-15-18-22/h13-15,17-18,23,25H,4-12,16,19-21H2,1-3H3/q+1/t23-/m1/s1. The number of aryl methyl sites for hydroxylation is 1. The number of benzene rings is 1. The maximum Gasteiger partial charge on any atom is 0.190 e. The monoisotopic (exact) mass is 348 g/mol. The van der Waals surface area contributed by atoms with Gasteiger partial charge >= 0.3 is 0 Å². The van der Waals surface area contributed by atoms with Crippen LogP contribution in [0.4, 0.5) is 0 Å². The summed E-state index contributed by atoms with van der Waals surface area (Å²) in [6, 6.07) is 10.5. The highest BCUT2D eigenvalue weighted by Crippen LogP contribution is 2.15. The number of aliphatic hydroxyl groups excluding tert-OH is 1. The number of aliphatic hydroxyl groups is 1. The third-order valence-corrected chi connectivity index (χ3v) is 5.43. The molecule has 1 rings (SSSR count). The second-order valence-corrected chi connectivity index (χ2v) is 8.19. The van der Waals surface area contributed by atoms with Crippen LogP contribution in [0.25, 0.3) is 0 Å². The van der Waals surface area contributed by atoms with Crippen molar-refractivity contribution in [3.63, 3.8) is 0 Å².